The average Bonchev–Trinajstić information content (AvgIpc) is 2.54. The number of hydrogen-bond donors (Lipinski definition) is 1. The molecule has 0 saturated heterocycles. The molecule has 10 heteroatoms. The van der Waals surface area contributed by atoms with E-state index in [0.717, 1.165) is 7.11 Å². The average molecular weight is 432 g/mol. The summed E-state index contributed by atoms with van der Waals surface area (Å²) < 4.78 is 29.1. The van der Waals surface area contributed by atoms with E-state index < -0.39 is 41.2 Å². The number of allylic oxidation sites excluding steroid dienone is 1. The third-order valence-corrected chi connectivity index (χ3v) is 3.25. The first-order valence-corrected chi connectivity index (χ1v) is 9.51. The summed E-state index contributed by atoms with van der Waals surface area (Å²) in [6, 6.07) is -1.37. The standard InChI is InChI=1S/C20H34FN3O6/c1-13(22)23-12-14(21)10-9-11-15(16(25)28-8)24(17(26)29-19(2,3)4)18(27)30-20(5,6)7/h10,15H,9,11-12H2,1-8H3,(H2,22,23)/t15-/m1/s1. The second-order valence-electron chi connectivity index (χ2n) is 8.56. The molecule has 0 aliphatic rings. The fourth-order valence-electron chi connectivity index (χ4n) is 2.10. The van der Waals surface area contributed by atoms with E-state index in [9.17, 15) is 18.8 Å². The Balaban J connectivity index is 5.75. The summed E-state index contributed by atoms with van der Waals surface area (Å²) >= 11 is 0. The van der Waals surface area contributed by atoms with Crippen molar-refractivity contribution in [2.45, 2.75) is 78.6 Å². The predicted molar refractivity (Wildman–Crippen MR) is 111 cm³/mol. The highest BCUT2D eigenvalue weighted by Crippen LogP contribution is 2.20. The van der Waals surface area contributed by atoms with Gasteiger partial charge in [-0.25, -0.2) is 18.8 Å². The Bertz CT molecular complexity index is 645. The Hall–Kier alpha value is -2.65. The molecule has 0 bridgehead atoms. The van der Waals surface area contributed by atoms with E-state index in [2.05, 4.69) is 4.99 Å². The molecule has 0 heterocycles. The number of halogens is 1. The van der Waals surface area contributed by atoms with Gasteiger partial charge in [0.25, 0.3) is 0 Å². The number of methoxy groups -OCH3 is 1. The van der Waals surface area contributed by atoms with Crippen molar-refractivity contribution in [2.75, 3.05) is 13.7 Å². The molecule has 0 spiro atoms. The maximum absolute atomic E-state index is 13.8. The van der Waals surface area contributed by atoms with Gasteiger partial charge in [0.15, 0.2) is 0 Å². The number of amidine groups is 1. The smallest absolute Gasteiger partial charge is 0.420 e. The zero-order valence-corrected chi connectivity index (χ0v) is 19.1. The number of carbonyl (C=O) groups excluding carboxylic acids is 3. The van der Waals surface area contributed by atoms with Gasteiger partial charge in [-0.05, 0) is 61.3 Å². The summed E-state index contributed by atoms with van der Waals surface area (Å²) in [6.07, 6.45) is -1.03. The van der Waals surface area contributed by atoms with Crippen molar-refractivity contribution in [3.05, 3.63) is 11.9 Å². The third kappa shape index (κ3) is 11.4. The Morgan fingerprint density at radius 2 is 1.53 bits per heavy atom. The summed E-state index contributed by atoms with van der Waals surface area (Å²) in [7, 11) is 1.12. The minimum atomic E-state index is -1.37. The van der Waals surface area contributed by atoms with E-state index in [0.29, 0.717) is 4.90 Å². The molecule has 0 saturated carbocycles. The van der Waals surface area contributed by atoms with Crippen LogP contribution in [0, 0.1) is 0 Å². The Morgan fingerprint density at radius 3 is 1.90 bits per heavy atom. The molecule has 0 aliphatic carbocycles. The second-order valence-corrected chi connectivity index (χ2v) is 8.56. The van der Waals surface area contributed by atoms with Crippen molar-refractivity contribution in [3.8, 4) is 0 Å². The van der Waals surface area contributed by atoms with Crippen molar-refractivity contribution < 1.29 is 33.0 Å². The van der Waals surface area contributed by atoms with Gasteiger partial charge >= 0.3 is 18.2 Å². The maximum atomic E-state index is 13.8. The van der Waals surface area contributed by atoms with Crippen LogP contribution in [-0.4, -0.2) is 59.8 Å². The van der Waals surface area contributed by atoms with Crippen LogP contribution in [0.15, 0.2) is 16.9 Å². The van der Waals surface area contributed by atoms with Crippen LogP contribution in [0.1, 0.15) is 61.3 Å². The zero-order chi connectivity index (χ0) is 23.7. The monoisotopic (exact) mass is 431 g/mol. The van der Waals surface area contributed by atoms with E-state index in [1.54, 1.807) is 41.5 Å². The van der Waals surface area contributed by atoms with Crippen LogP contribution in [0.3, 0.4) is 0 Å². The van der Waals surface area contributed by atoms with Crippen molar-refractivity contribution in [2.24, 2.45) is 10.7 Å². The highest BCUT2D eigenvalue weighted by atomic mass is 19.1. The molecule has 2 amide bonds. The van der Waals surface area contributed by atoms with E-state index in [-0.39, 0.29) is 25.2 Å². The van der Waals surface area contributed by atoms with Crippen LogP contribution in [0.4, 0.5) is 14.0 Å². The Kier molecular flexibility index (Phi) is 10.5. The van der Waals surface area contributed by atoms with Crippen molar-refractivity contribution in [3.63, 3.8) is 0 Å². The van der Waals surface area contributed by atoms with Gasteiger partial charge in [-0.3, -0.25) is 4.99 Å². The van der Waals surface area contributed by atoms with Gasteiger partial charge in [0.05, 0.1) is 19.5 Å². The molecule has 0 aromatic heterocycles. The fraction of sp³-hybridized carbons (Fsp3) is 0.700. The SMILES string of the molecule is COC(=O)[C@@H](CCC=C(F)CN=C(C)N)N(C(=O)OC(C)(C)C)C(=O)OC(C)(C)C. The normalized spacial score (nSPS) is 14.0. The lowest BCUT2D eigenvalue weighted by Gasteiger charge is -2.32. The van der Waals surface area contributed by atoms with E-state index >= 15 is 0 Å². The largest absolute Gasteiger partial charge is 0.467 e. The van der Waals surface area contributed by atoms with Crippen molar-refractivity contribution in [1.82, 2.24) is 4.90 Å². The summed E-state index contributed by atoms with van der Waals surface area (Å²) in [4.78, 5) is 42.1. The van der Waals surface area contributed by atoms with Crippen LogP contribution in [0.25, 0.3) is 0 Å². The molecule has 0 rings (SSSR count). The molecule has 172 valence electrons. The minimum absolute atomic E-state index is 0.0207. The summed E-state index contributed by atoms with van der Waals surface area (Å²) in [5, 5.41) is 0. The molecular formula is C20H34FN3O6. The summed E-state index contributed by atoms with van der Waals surface area (Å²) in [5.41, 5.74) is 3.51. The zero-order valence-electron chi connectivity index (χ0n) is 19.1. The lowest BCUT2D eigenvalue weighted by atomic mass is 10.1. The minimum Gasteiger partial charge on any atom is -0.467 e. The second kappa shape index (κ2) is 11.5. The highest BCUT2D eigenvalue weighted by Gasteiger charge is 2.40. The molecule has 0 aliphatic heterocycles. The Labute approximate surface area is 177 Å². The predicted octanol–water partition coefficient (Wildman–Crippen LogP) is 3.71. The number of nitrogens with two attached hydrogens (primary N) is 1. The first-order valence-electron chi connectivity index (χ1n) is 9.51. The molecule has 0 aromatic rings. The molecule has 2 N–H and O–H groups in total. The lowest BCUT2D eigenvalue weighted by Crippen LogP contribution is -2.52. The summed E-state index contributed by atoms with van der Waals surface area (Å²) in [6.45, 7) is 11.0. The molecular weight excluding hydrogens is 397 g/mol. The van der Waals surface area contributed by atoms with E-state index in [1.807, 2.05) is 0 Å². The summed E-state index contributed by atoms with van der Waals surface area (Å²) in [5.74, 6) is -1.20. The van der Waals surface area contributed by atoms with Crippen molar-refractivity contribution >= 4 is 24.0 Å². The topological polar surface area (TPSA) is 121 Å². The van der Waals surface area contributed by atoms with Gasteiger partial charge in [0.1, 0.15) is 23.1 Å². The van der Waals surface area contributed by atoms with Gasteiger partial charge in [-0.15, -0.1) is 0 Å². The quantitative estimate of drug-likeness (QED) is 0.282. The highest BCUT2D eigenvalue weighted by molar-refractivity contribution is 5.94. The molecule has 1 atom stereocenters. The van der Waals surface area contributed by atoms with Crippen LogP contribution in [0.5, 0.6) is 0 Å². The van der Waals surface area contributed by atoms with Crippen molar-refractivity contribution in [1.29, 1.82) is 0 Å². The van der Waals surface area contributed by atoms with Crippen LogP contribution in [0.2, 0.25) is 0 Å². The van der Waals surface area contributed by atoms with E-state index in [1.165, 1.54) is 13.0 Å². The molecule has 30 heavy (non-hydrogen) atoms. The fourth-order valence-corrected chi connectivity index (χ4v) is 2.10. The molecule has 9 nitrogen and oxygen atoms in total. The molecule has 0 radical (unpaired) electrons. The number of imide groups is 1. The van der Waals surface area contributed by atoms with Gasteiger partial charge in [0, 0.05) is 0 Å². The molecule has 0 aromatic carbocycles. The van der Waals surface area contributed by atoms with Gasteiger partial charge in [-0.1, -0.05) is 6.08 Å². The number of nitrogens with zero attached hydrogens (tertiary/aromatic N) is 2. The van der Waals surface area contributed by atoms with E-state index in [4.69, 9.17) is 19.9 Å². The number of hydrogen-bond acceptors (Lipinski definition) is 7. The van der Waals surface area contributed by atoms with Crippen LogP contribution in [-0.2, 0) is 19.0 Å². The number of amides is 2. The number of aliphatic imine (C=N–C) groups is 1. The first-order chi connectivity index (χ1) is 13.6. The number of ether oxygens (including phenoxy) is 3. The number of esters is 1. The maximum Gasteiger partial charge on any atom is 0.420 e. The first kappa shape index (κ1) is 27.4. The lowest BCUT2D eigenvalue weighted by molar-refractivity contribution is -0.146. The molecule has 0 unspecified atom stereocenters. The third-order valence-electron chi connectivity index (χ3n) is 3.25. The van der Waals surface area contributed by atoms with Gasteiger partial charge in [0.2, 0.25) is 0 Å². The van der Waals surface area contributed by atoms with Gasteiger partial charge < -0.3 is 19.9 Å². The number of rotatable bonds is 7. The van der Waals surface area contributed by atoms with Crippen LogP contribution >= 0.6 is 0 Å². The Morgan fingerprint density at radius 1 is 1.07 bits per heavy atom. The number of carbonyl (C=O) groups is 3. The van der Waals surface area contributed by atoms with Crippen LogP contribution < -0.4 is 5.73 Å². The van der Waals surface area contributed by atoms with Gasteiger partial charge in [-0.2, -0.15) is 4.90 Å². The molecule has 0 fully saturated rings.